The maximum atomic E-state index is 14.2. The van der Waals surface area contributed by atoms with E-state index in [1.165, 1.54) is 6.42 Å². The third-order valence-electron chi connectivity index (χ3n) is 6.90. The number of hydrogen-bond donors (Lipinski definition) is 3. The summed E-state index contributed by atoms with van der Waals surface area (Å²) in [5.41, 5.74) is 3.52. The lowest BCUT2D eigenvalue weighted by molar-refractivity contribution is -0.0850. The van der Waals surface area contributed by atoms with Gasteiger partial charge in [0.25, 0.3) is 0 Å². The average Bonchev–Trinajstić information content (AvgIpc) is 3.28. The number of nitrogens with zero attached hydrogens (tertiary/aromatic N) is 2. The van der Waals surface area contributed by atoms with Crippen LogP contribution in [0.3, 0.4) is 0 Å². The third-order valence-corrected chi connectivity index (χ3v) is 6.90. The topological polar surface area (TPSA) is 61.0 Å². The number of ether oxygens (including phenoxy) is 2. The summed E-state index contributed by atoms with van der Waals surface area (Å²) in [6, 6.07) is 0.393. The Labute approximate surface area is 154 Å². The standard InChI is InChI=1S/C18H32FN5O2/c19-13-8-14-15-2-1-4-23(15)16-3-5-24-17(22-16)12(9-21-24)11-25-6-7-26-18(14)20-10-13/h12-18,20-22H,1-11H2/t12?,13?,14?,15-,16?,17?,18?/m1/s1. The van der Waals surface area contributed by atoms with E-state index in [9.17, 15) is 4.39 Å². The Bertz CT molecular complexity index is 500. The molecule has 5 heterocycles. The van der Waals surface area contributed by atoms with E-state index in [2.05, 4.69) is 26.0 Å². The molecule has 8 heteroatoms. The molecule has 5 fully saturated rings. The van der Waals surface area contributed by atoms with Crippen LogP contribution in [0.2, 0.25) is 0 Å². The molecular weight excluding hydrogens is 337 g/mol. The van der Waals surface area contributed by atoms with Crippen molar-refractivity contribution in [1.29, 1.82) is 0 Å². The van der Waals surface area contributed by atoms with Gasteiger partial charge in [0.05, 0.1) is 32.2 Å². The molecule has 148 valence electrons. The molecule has 7 atom stereocenters. The number of hydrazine groups is 1. The van der Waals surface area contributed by atoms with Gasteiger partial charge < -0.3 is 9.47 Å². The molecule has 3 N–H and O–H groups in total. The van der Waals surface area contributed by atoms with Crippen LogP contribution in [0.25, 0.3) is 0 Å². The van der Waals surface area contributed by atoms with Crippen LogP contribution in [0.1, 0.15) is 25.7 Å². The molecule has 7 nitrogen and oxygen atoms in total. The predicted molar refractivity (Wildman–Crippen MR) is 94.8 cm³/mol. The van der Waals surface area contributed by atoms with Gasteiger partial charge in [0.2, 0.25) is 0 Å². The fraction of sp³-hybridized carbons (Fsp3) is 1.00. The van der Waals surface area contributed by atoms with Gasteiger partial charge in [-0.05, 0) is 32.2 Å². The Kier molecular flexibility index (Phi) is 5.17. The highest BCUT2D eigenvalue weighted by atomic mass is 19.1. The van der Waals surface area contributed by atoms with Crippen LogP contribution >= 0.6 is 0 Å². The Morgan fingerprint density at radius 1 is 1.08 bits per heavy atom. The number of nitrogens with one attached hydrogen (secondary N) is 3. The largest absolute Gasteiger partial charge is 0.379 e. The lowest BCUT2D eigenvalue weighted by Gasteiger charge is -2.46. The molecule has 26 heavy (non-hydrogen) atoms. The van der Waals surface area contributed by atoms with Crippen molar-refractivity contribution >= 4 is 0 Å². The summed E-state index contributed by atoms with van der Waals surface area (Å²) in [4.78, 5) is 2.62. The van der Waals surface area contributed by atoms with Crippen LogP contribution in [0.4, 0.5) is 4.39 Å². The number of rotatable bonds is 0. The first-order valence-corrected chi connectivity index (χ1v) is 10.4. The smallest absolute Gasteiger partial charge is 0.113 e. The minimum atomic E-state index is -0.771. The van der Waals surface area contributed by atoms with Crippen molar-refractivity contribution in [3.8, 4) is 0 Å². The summed E-state index contributed by atoms with van der Waals surface area (Å²) < 4.78 is 26.3. The van der Waals surface area contributed by atoms with E-state index in [0.717, 1.165) is 39.1 Å². The number of alkyl halides is 1. The van der Waals surface area contributed by atoms with Crippen LogP contribution < -0.4 is 16.1 Å². The monoisotopic (exact) mass is 369 g/mol. The van der Waals surface area contributed by atoms with E-state index in [-0.39, 0.29) is 12.1 Å². The van der Waals surface area contributed by atoms with E-state index in [0.29, 0.717) is 50.5 Å². The molecule has 0 saturated carbocycles. The van der Waals surface area contributed by atoms with E-state index in [4.69, 9.17) is 9.47 Å². The maximum absolute atomic E-state index is 14.2. The van der Waals surface area contributed by atoms with E-state index in [1.54, 1.807) is 0 Å². The summed E-state index contributed by atoms with van der Waals surface area (Å²) >= 11 is 0. The van der Waals surface area contributed by atoms with Crippen LogP contribution in [0, 0.1) is 11.8 Å². The molecule has 6 unspecified atom stereocenters. The van der Waals surface area contributed by atoms with Gasteiger partial charge in [-0.15, -0.1) is 0 Å². The first kappa shape index (κ1) is 17.7. The maximum Gasteiger partial charge on any atom is 0.113 e. The SMILES string of the molecule is FC1CNC2OCCOCC3CNN4CCC(NC34)N3CCC[C@@H]3C2C1. The van der Waals surface area contributed by atoms with E-state index >= 15 is 0 Å². The Hall–Kier alpha value is -0.350. The highest BCUT2D eigenvalue weighted by Crippen LogP contribution is 2.35. The molecule has 0 aromatic carbocycles. The Morgan fingerprint density at radius 3 is 3.00 bits per heavy atom. The summed E-state index contributed by atoms with van der Waals surface area (Å²) in [7, 11) is 0. The molecule has 5 aliphatic heterocycles. The first-order chi connectivity index (χ1) is 12.8. The second-order valence-corrected chi connectivity index (χ2v) is 8.45. The zero-order chi connectivity index (χ0) is 17.5. The van der Waals surface area contributed by atoms with Crippen molar-refractivity contribution in [2.45, 2.75) is 56.5 Å². The normalized spacial score (nSPS) is 48.1. The minimum Gasteiger partial charge on any atom is -0.379 e. The third kappa shape index (κ3) is 3.30. The van der Waals surface area contributed by atoms with E-state index in [1.807, 2.05) is 0 Å². The molecule has 5 rings (SSSR count). The van der Waals surface area contributed by atoms with Crippen LogP contribution in [0.15, 0.2) is 0 Å². The lowest BCUT2D eigenvalue weighted by Crippen LogP contribution is -2.64. The van der Waals surface area contributed by atoms with Crippen molar-refractivity contribution in [2.75, 3.05) is 46.0 Å². The van der Waals surface area contributed by atoms with Gasteiger partial charge in [0.1, 0.15) is 12.4 Å². The van der Waals surface area contributed by atoms with Gasteiger partial charge in [-0.2, -0.15) is 0 Å². The fourth-order valence-electron chi connectivity index (χ4n) is 5.67. The lowest BCUT2D eigenvalue weighted by atomic mass is 9.87. The molecule has 5 aliphatic rings. The molecule has 0 aromatic rings. The number of halogens is 1. The number of hydrogen-bond acceptors (Lipinski definition) is 7. The molecule has 0 aliphatic carbocycles. The quantitative estimate of drug-likeness (QED) is 0.549. The van der Waals surface area contributed by atoms with Gasteiger partial charge in [0.15, 0.2) is 0 Å². The molecule has 0 spiro atoms. The zero-order valence-electron chi connectivity index (χ0n) is 15.4. The van der Waals surface area contributed by atoms with Crippen LogP contribution in [-0.2, 0) is 9.47 Å². The summed E-state index contributed by atoms with van der Waals surface area (Å²) in [5.74, 6) is 0.662. The van der Waals surface area contributed by atoms with Gasteiger partial charge in [0, 0.05) is 37.5 Å². The van der Waals surface area contributed by atoms with Crippen molar-refractivity contribution in [2.24, 2.45) is 11.8 Å². The number of fused-ring (bicyclic) bond motifs is 5. The van der Waals surface area contributed by atoms with Gasteiger partial charge in [-0.3, -0.25) is 21.0 Å². The molecule has 0 aromatic heterocycles. The Balaban J connectivity index is 1.39. The predicted octanol–water partition coefficient (Wildman–Crippen LogP) is -0.147. The second kappa shape index (κ2) is 7.58. The zero-order valence-corrected chi connectivity index (χ0v) is 15.4. The highest BCUT2D eigenvalue weighted by molar-refractivity contribution is 4.98. The highest BCUT2D eigenvalue weighted by Gasteiger charge is 2.46. The average molecular weight is 369 g/mol. The van der Waals surface area contributed by atoms with Crippen molar-refractivity contribution < 1.29 is 13.9 Å². The van der Waals surface area contributed by atoms with Gasteiger partial charge >= 0.3 is 0 Å². The first-order valence-electron chi connectivity index (χ1n) is 10.4. The summed E-state index contributed by atoms with van der Waals surface area (Å²) in [6.45, 7) is 5.44. The summed E-state index contributed by atoms with van der Waals surface area (Å²) in [6.07, 6.45) is 3.90. The van der Waals surface area contributed by atoms with E-state index < -0.39 is 6.17 Å². The van der Waals surface area contributed by atoms with Gasteiger partial charge in [-0.25, -0.2) is 9.40 Å². The van der Waals surface area contributed by atoms with Gasteiger partial charge in [-0.1, -0.05) is 0 Å². The summed E-state index contributed by atoms with van der Waals surface area (Å²) in [5, 5.41) is 9.54. The van der Waals surface area contributed by atoms with Crippen molar-refractivity contribution in [1.82, 2.24) is 26.0 Å². The van der Waals surface area contributed by atoms with Crippen LogP contribution in [0.5, 0.6) is 0 Å². The number of piperidine rings is 1. The Morgan fingerprint density at radius 2 is 2.04 bits per heavy atom. The molecule has 0 amide bonds. The molecule has 5 saturated heterocycles. The van der Waals surface area contributed by atoms with Crippen molar-refractivity contribution in [3.05, 3.63) is 0 Å². The second-order valence-electron chi connectivity index (χ2n) is 8.45. The molecule has 2 bridgehead atoms. The molecule has 0 radical (unpaired) electrons. The van der Waals surface area contributed by atoms with Crippen molar-refractivity contribution in [3.63, 3.8) is 0 Å². The minimum absolute atomic E-state index is 0.0572. The fourth-order valence-corrected chi connectivity index (χ4v) is 5.67. The molecular formula is C18H32FN5O2. The van der Waals surface area contributed by atoms with Crippen LogP contribution in [-0.4, -0.2) is 86.7 Å².